The van der Waals surface area contributed by atoms with Crippen molar-refractivity contribution >= 4 is 5.97 Å². The van der Waals surface area contributed by atoms with Gasteiger partial charge in [-0.25, -0.2) is 4.98 Å². The largest absolute Gasteiger partial charge is 0.480 e. The van der Waals surface area contributed by atoms with Crippen molar-refractivity contribution in [3.8, 4) is 11.5 Å². The predicted octanol–water partition coefficient (Wildman–Crippen LogP) is 3.41. The molecule has 0 radical (unpaired) electrons. The molecule has 0 aliphatic carbocycles. The van der Waals surface area contributed by atoms with Crippen LogP contribution < -0.4 is 0 Å². The molecule has 0 amide bonds. The molecule has 1 unspecified atom stereocenters. The third-order valence-electron chi connectivity index (χ3n) is 4.03. The maximum atomic E-state index is 13.1. The first-order chi connectivity index (χ1) is 11.4. The Morgan fingerprint density at radius 2 is 2.12 bits per heavy atom. The number of carboxylic acid groups (broad SMARTS) is 1. The highest BCUT2D eigenvalue weighted by Crippen LogP contribution is 2.36. The van der Waals surface area contributed by atoms with Crippen molar-refractivity contribution in [1.29, 1.82) is 0 Å². The average Bonchev–Trinajstić information content (AvgIpc) is 3.16. The summed E-state index contributed by atoms with van der Waals surface area (Å²) < 4.78 is 44.4. The van der Waals surface area contributed by atoms with E-state index in [2.05, 4.69) is 4.98 Å². The summed E-state index contributed by atoms with van der Waals surface area (Å²) in [6.07, 6.45) is -1.91. The molecular weight excluding hydrogens is 325 g/mol. The average molecular weight is 340 g/mol. The molecule has 24 heavy (non-hydrogen) atoms. The molecule has 1 saturated heterocycles. The van der Waals surface area contributed by atoms with Crippen LogP contribution in [0.25, 0.3) is 11.5 Å². The summed E-state index contributed by atoms with van der Waals surface area (Å²) in [5, 5.41) is 9.16. The number of halogens is 3. The number of alkyl halides is 3. The predicted molar refractivity (Wildman–Crippen MR) is 78.0 cm³/mol. The Hall–Kier alpha value is -2.35. The second-order valence-corrected chi connectivity index (χ2v) is 5.65. The number of likely N-dealkylation sites (tertiary alicyclic amines) is 1. The van der Waals surface area contributed by atoms with Crippen LogP contribution in [0.15, 0.2) is 34.9 Å². The van der Waals surface area contributed by atoms with Gasteiger partial charge in [0, 0.05) is 12.1 Å². The molecule has 1 aromatic heterocycles. The second kappa shape index (κ2) is 6.27. The summed E-state index contributed by atoms with van der Waals surface area (Å²) in [6.45, 7) is 0.840. The van der Waals surface area contributed by atoms with Crippen LogP contribution in [-0.2, 0) is 17.5 Å². The third kappa shape index (κ3) is 3.28. The molecule has 2 aromatic rings. The topological polar surface area (TPSA) is 66.6 Å². The number of oxazole rings is 1. The van der Waals surface area contributed by atoms with Gasteiger partial charge in [-0.2, -0.15) is 13.2 Å². The van der Waals surface area contributed by atoms with Crippen LogP contribution in [0.1, 0.15) is 24.1 Å². The monoisotopic (exact) mass is 340 g/mol. The van der Waals surface area contributed by atoms with Crippen molar-refractivity contribution in [2.24, 2.45) is 0 Å². The molecule has 2 heterocycles. The fourth-order valence-corrected chi connectivity index (χ4v) is 2.92. The molecular formula is C16H15F3N2O3. The number of hydrogen-bond acceptors (Lipinski definition) is 4. The van der Waals surface area contributed by atoms with Gasteiger partial charge in [0.05, 0.1) is 11.3 Å². The Bertz CT molecular complexity index is 742. The summed E-state index contributed by atoms with van der Waals surface area (Å²) in [6, 6.07) is 4.47. The number of aromatic nitrogens is 1. The Labute approximate surface area is 135 Å². The number of aliphatic carboxylic acids is 1. The van der Waals surface area contributed by atoms with E-state index in [0.29, 0.717) is 18.7 Å². The van der Waals surface area contributed by atoms with E-state index in [9.17, 15) is 18.0 Å². The number of hydrogen-bond donors (Lipinski definition) is 1. The summed E-state index contributed by atoms with van der Waals surface area (Å²) in [4.78, 5) is 17.0. The Kier molecular flexibility index (Phi) is 4.31. The zero-order chi connectivity index (χ0) is 17.3. The molecule has 1 fully saturated rings. The van der Waals surface area contributed by atoms with Gasteiger partial charge >= 0.3 is 12.1 Å². The number of nitrogens with zero attached hydrogens (tertiary/aromatic N) is 2. The van der Waals surface area contributed by atoms with E-state index in [1.165, 1.54) is 24.5 Å². The first kappa shape index (κ1) is 16.5. The lowest BCUT2D eigenvalue weighted by atomic mass is 10.1. The van der Waals surface area contributed by atoms with E-state index in [4.69, 9.17) is 9.52 Å². The lowest BCUT2D eigenvalue weighted by molar-refractivity contribution is -0.142. The van der Waals surface area contributed by atoms with Gasteiger partial charge in [-0.3, -0.25) is 9.69 Å². The van der Waals surface area contributed by atoms with Crippen LogP contribution in [0.4, 0.5) is 13.2 Å². The minimum Gasteiger partial charge on any atom is -0.480 e. The van der Waals surface area contributed by atoms with Crippen molar-refractivity contribution in [3.05, 3.63) is 41.8 Å². The van der Waals surface area contributed by atoms with Crippen LogP contribution in [0, 0.1) is 0 Å². The van der Waals surface area contributed by atoms with Gasteiger partial charge < -0.3 is 9.52 Å². The molecule has 1 aromatic carbocycles. The minimum absolute atomic E-state index is 0.121. The van der Waals surface area contributed by atoms with Gasteiger partial charge in [0.2, 0.25) is 5.89 Å². The van der Waals surface area contributed by atoms with E-state index in [1.807, 2.05) is 0 Å². The number of rotatable bonds is 4. The highest BCUT2D eigenvalue weighted by Gasteiger charge is 2.35. The standard InChI is InChI=1S/C16H15F3N2O3/c17-16(18,19)12-5-2-1-4-11(12)14-20-10(9-24-14)8-21-7-3-6-13(21)15(22)23/h1-2,4-5,9,13H,3,6-8H2,(H,22,23). The lowest BCUT2D eigenvalue weighted by Gasteiger charge is -2.19. The minimum atomic E-state index is -4.51. The molecule has 1 aliphatic rings. The van der Waals surface area contributed by atoms with Gasteiger partial charge in [-0.1, -0.05) is 12.1 Å². The normalized spacial score (nSPS) is 18.9. The van der Waals surface area contributed by atoms with Crippen LogP contribution >= 0.6 is 0 Å². The molecule has 0 saturated carbocycles. The molecule has 1 atom stereocenters. The van der Waals surface area contributed by atoms with Gasteiger partial charge in [-0.05, 0) is 31.5 Å². The fraction of sp³-hybridized carbons (Fsp3) is 0.375. The lowest BCUT2D eigenvalue weighted by Crippen LogP contribution is -2.35. The summed E-state index contributed by atoms with van der Waals surface area (Å²) in [5.74, 6) is -1.03. The maximum Gasteiger partial charge on any atom is 0.417 e. The zero-order valence-corrected chi connectivity index (χ0v) is 12.6. The third-order valence-corrected chi connectivity index (χ3v) is 4.03. The molecule has 0 spiro atoms. The molecule has 3 rings (SSSR count). The molecule has 128 valence electrons. The Balaban J connectivity index is 1.83. The zero-order valence-electron chi connectivity index (χ0n) is 12.6. The first-order valence-corrected chi connectivity index (χ1v) is 7.44. The second-order valence-electron chi connectivity index (χ2n) is 5.65. The van der Waals surface area contributed by atoms with Crippen LogP contribution in [0.5, 0.6) is 0 Å². The summed E-state index contributed by atoms with van der Waals surface area (Å²) in [7, 11) is 0. The molecule has 0 bridgehead atoms. The van der Waals surface area contributed by atoms with Crippen LogP contribution in [0.2, 0.25) is 0 Å². The van der Waals surface area contributed by atoms with Gasteiger partial charge in [0.1, 0.15) is 12.3 Å². The van der Waals surface area contributed by atoms with Crippen molar-refractivity contribution in [2.75, 3.05) is 6.54 Å². The first-order valence-electron chi connectivity index (χ1n) is 7.44. The van der Waals surface area contributed by atoms with E-state index >= 15 is 0 Å². The van der Waals surface area contributed by atoms with E-state index < -0.39 is 23.8 Å². The van der Waals surface area contributed by atoms with Gasteiger partial charge in [0.25, 0.3) is 0 Å². The molecule has 8 heteroatoms. The maximum absolute atomic E-state index is 13.1. The van der Waals surface area contributed by atoms with Crippen molar-refractivity contribution in [2.45, 2.75) is 31.6 Å². The number of benzene rings is 1. The SMILES string of the molecule is O=C(O)C1CCCN1Cc1coc(-c2ccccc2C(F)(F)F)n1. The van der Waals surface area contributed by atoms with Crippen LogP contribution in [-0.4, -0.2) is 33.5 Å². The molecule has 1 aliphatic heterocycles. The fourth-order valence-electron chi connectivity index (χ4n) is 2.92. The smallest absolute Gasteiger partial charge is 0.417 e. The van der Waals surface area contributed by atoms with E-state index in [-0.39, 0.29) is 18.0 Å². The highest BCUT2D eigenvalue weighted by molar-refractivity contribution is 5.73. The van der Waals surface area contributed by atoms with Crippen molar-refractivity contribution < 1.29 is 27.5 Å². The van der Waals surface area contributed by atoms with E-state index in [0.717, 1.165) is 12.5 Å². The Morgan fingerprint density at radius 3 is 2.83 bits per heavy atom. The highest BCUT2D eigenvalue weighted by atomic mass is 19.4. The molecule has 1 N–H and O–H groups in total. The summed E-state index contributed by atoms with van der Waals surface area (Å²) in [5.41, 5.74) is -0.537. The van der Waals surface area contributed by atoms with Gasteiger partial charge in [0.15, 0.2) is 0 Å². The number of carboxylic acids is 1. The quantitative estimate of drug-likeness (QED) is 0.924. The van der Waals surface area contributed by atoms with E-state index in [1.54, 1.807) is 4.90 Å². The Morgan fingerprint density at radius 1 is 1.38 bits per heavy atom. The van der Waals surface area contributed by atoms with Crippen molar-refractivity contribution in [3.63, 3.8) is 0 Å². The van der Waals surface area contributed by atoms with Crippen LogP contribution in [0.3, 0.4) is 0 Å². The van der Waals surface area contributed by atoms with Crippen molar-refractivity contribution in [1.82, 2.24) is 9.88 Å². The summed E-state index contributed by atoms with van der Waals surface area (Å²) >= 11 is 0. The molecule has 5 nitrogen and oxygen atoms in total. The van der Waals surface area contributed by atoms with Gasteiger partial charge in [-0.15, -0.1) is 0 Å². The number of carbonyl (C=O) groups is 1.